The lowest BCUT2D eigenvalue weighted by Gasteiger charge is -2.26. The lowest BCUT2D eigenvalue weighted by molar-refractivity contribution is -0.132. The van der Waals surface area contributed by atoms with Gasteiger partial charge in [0.1, 0.15) is 0 Å². The van der Waals surface area contributed by atoms with Crippen LogP contribution in [0.3, 0.4) is 0 Å². The molecule has 1 aliphatic rings. The van der Waals surface area contributed by atoms with Crippen LogP contribution < -0.4 is 10.6 Å². The predicted molar refractivity (Wildman–Crippen MR) is 77.5 cm³/mol. The summed E-state index contributed by atoms with van der Waals surface area (Å²) in [6.07, 6.45) is 1.62. The van der Waals surface area contributed by atoms with Gasteiger partial charge in [0, 0.05) is 19.7 Å². The Morgan fingerprint density at radius 2 is 2.16 bits per heavy atom. The lowest BCUT2D eigenvalue weighted by atomic mass is 10.1. The second-order valence-electron chi connectivity index (χ2n) is 4.58. The van der Waals surface area contributed by atoms with Crippen molar-refractivity contribution in [2.75, 3.05) is 20.2 Å². The summed E-state index contributed by atoms with van der Waals surface area (Å²) in [5.41, 5.74) is 0.890. The van der Waals surface area contributed by atoms with E-state index in [2.05, 4.69) is 10.6 Å². The normalized spacial score (nSPS) is 20.2. The number of amides is 1. The number of hydrogen-bond acceptors (Lipinski definition) is 3. The number of benzene rings is 1. The molecule has 2 atom stereocenters. The van der Waals surface area contributed by atoms with E-state index in [1.807, 2.05) is 30.3 Å². The molecular weight excluding hydrogens is 264 g/mol. The smallest absolute Gasteiger partial charge is 0.254 e. The van der Waals surface area contributed by atoms with Crippen molar-refractivity contribution >= 4 is 18.3 Å². The molecule has 1 amide bonds. The van der Waals surface area contributed by atoms with Gasteiger partial charge in [-0.05, 0) is 24.9 Å². The first-order valence-corrected chi connectivity index (χ1v) is 6.40. The molecule has 2 rings (SSSR count). The zero-order chi connectivity index (χ0) is 12.8. The zero-order valence-electron chi connectivity index (χ0n) is 11.1. The Bertz CT molecular complexity index is 380. The molecule has 0 bridgehead atoms. The predicted octanol–water partition coefficient (Wildman–Crippen LogP) is 1.66. The molecule has 0 radical (unpaired) electrons. The number of carbonyl (C=O) groups is 1. The number of hydrogen-bond donors (Lipinski definition) is 2. The summed E-state index contributed by atoms with van der Waals surface area (Å²) >= 11 is 0. The molecule has 0 spiro atoms. The summed E-state index contributed by atoms with van der Waals surface area (Å²) in [6, 6.07) is 9.79. The van der Waals surface area contributed by atoms with E-state index >= 15 is 0 Å². The van der Waals surface area contributed by atoms with Crippen LogP contribution >= 0.6 is 12.4 Å². The molecule has 0 aromatic heterocycles. The van der Waals surface area contributed by atoms with Crippen LogP contribution in [0.15, 0.2) is 30.3 Å². The van der Waals surface area contributed by atoms with Gasteiger partial charge in [0.15, 0.2) is 6.10 Å². The number of piperidine rings is 1. The van der Waals surface area contributed by atoms with E-state index in [1.165, 1.54) is 0 Å². The van der Waals surface area contributed by atoms with E-state index in [0.717, 1.165) is 31.5 Å². The van der Waals surface area contributed by atoms with Crippen LogP contribution in [0.5, 0.6) is 0 Å². The number of rotatable bonds is 4. The van der Waals surface area contributed by atoms with Crippen LogP contribution in [0.2, 0.25) is 0 Å². The second-order valence-corrected chi connectivity index (χ2v) is 4.58. The van der Waals surface area contributed by atoms with Crippen molar-refractivity contribution in [1.29, 1.82) is 0 Å². The highest BCUT2D eigenvalue weighted by molar-refractivity contribution is 5.85. The third kappa shape index (κ3) is 4.49. The van der Waals surface area contributed by atoms with Crippen molar-refractivity contribution in [3.8, 4) is 0 Å². The third-order valence-electron chi connectivity index (χ3n) is 3.22. The Labute approximate surface area is 120 Å². The van der Waals surface area contributed by atoms with E-state index in [9.17, 15) is 4.79 Å². The SMILES string of the molecule is COC(C(=O)NC1CCCNC1)c1ccccc1.Cl. The number of nitrogens with one attached hydrogen (secondary N) is 2. The molecule has 1 aromatic carbocycles. The van der Waals surface area contributed by atoms with Crippen molar-refractivity contribution < 1.29 is 9.53 Å². The molecule has 0 aliphatic carbocycles. The monoisotopic (exact) mass is 284 g/mol. The molecule has 4 nitrogen and oxygen atoms in total. The van der Waals surface area contributed by atoms with Crippen molar-refractivity contribution in [1.82, 2.24) is 10.6 Å². The molecule has 0 saturated carbocycles. The van der Waals surface area contributed by atoms with Crippen LogP contribution in [0.4, 0.5) is 0 Å². The van der Waals surface area contributed by atoms with Gasteiger partial charge in [-0.15, -0.1) is 12.4 Å². The minimum Gasteiger partial charge on any atom is -0.367 e. The average molecular weight is 285 g/mol. The first-order valence-electron chi connectivity index (χ1n) is 6.40. The van der Waals surface area contributed by atoms with Crippen LogP contribution in [0, 0.1) is 0 Å². The molecule has 1 aliphatic heterocycles. The van der Waals surface area contributed by atoms with E-state index in [-0.39, 0.29) is 24.4 Å². The fourth-order valence-electron chi connectivity index (χ4n) is 2.27. The van der Waals surface area contributed by atoms with Crippen molar-refractivity contribution in [2.24, 2.45) is 0 Å². The fraction of sp³-hybridized carbons (Fsp3) is 0.500. The lowest BCUT2D eigenvalue weighted by Crippen LogP contribution is -2.47. The molecule has 1 heterocycles. The molecule has 1 saturated heterocycles. The van der Waals surface area contributed by atoms with E-state index in [1.54, 1.807) is 7.11 Å². The van der Waals surface area contributed by atoms with Crippen molar-refractivity contribution in [3.05, 3.63) is 35.9 Å². The summed E-state index contributed by atoms with van der Waals surface area (Å²) in [7, 11) is 1.57. The Kier molecular flexibility index (Phi) is 6.84. The first kappa shape index (κ1) is 16.0. The quantitative estimate of drug-likeness (QED) is 0.884. The maximum Gasteiger partial charge on any atom is 0.254 e. The van der Waals surface area contributed by atoms with E-state index in [4.69, 9.17) is 4.74 Å². The van der Waals surface area contributed by atoms with Crippen molar-refractivity contribution in [2.45, 2.75) is 25.0 Å². The summed E-state index contributed by atoms with van der Waals surface area (Å²) in [4.78, 5) is 12.2. The van der Waals surface area contributed by atoms with Gasteiger partial charge < -0.3 is 15.4 Å². The second kappa shape index (κ2) is 8.15. The van der Waals surface area contributed by atoms with Crippen molar-refractivity contribution in [3.63, 3.8) is 0 Å². The van der Waals surface area contributed by atoms with Gasteiger partial charge in [0.2, 0.25) is 0 Å². The summed E-state index contributed by atoms with van der Waals surface area (Å²) < 4.78 is 5.31. The van der Waals surface area contributed by atoms with Crippen LogP contribution in [-0.2, 0) is 9.53 Å². The Hall–Kier alpha value is -1.10. The molecule has 5 heteroatoms. The molecule has 1 aromatic rings. The number of halogens is 1. The zero-order valence-corrected chi connectivity index (χ0v) is 11.9. The molecule has 106 valence electrons. The summed E-state index contributed by atoms with van der Waals surface area (Å²) in [5.74, 6) is -0.0580. The average Bonchev–Trinajstić information content (AvgIpc) is 2.42. The molecule has 1 fully saturated rings. The highest BCUT2D eigenvalue weighted by Gasteiger charge is 2.23. The number of ether oxygens (including phenoxy) is 1. The van der Waals surface area contributed by atoms with E-state index in [0.29, 0.717) is 0 Å². The van der Waals surface area contributed by atoms with Gasteiger partial charge in [-0.3, -0.25) is 4.79 Å². The highest BCUT2D eigenvalue weighted by Crippen LogP contribution is 2.16. The van der Waals surface area contributed by atoms with Gasteiger partial charge >= 0.3 is 0 Å². The van der Waals surface area contributed by atoms with Gasteiger partial charge in [-0.1, -0.05) is 30.3 Å². The van der Waals surface area contributed by atoms with Gasteiger partial charge in [-0.25, -0.2) is 0 Å². The van der Waals surface area contributed by atoms with E-state index < -0.39 is 6.10 Å². The molecule has 19 heavy (non-hydrogen) atoms. The standard InChI is InChI=1S/C14H20N2O2.ClH/c1-18-13(11-6-3-2-4-7-11)14(17)16-12-8-5-9-15-10-12;/h2-4,6-7,12-13,15H,5,8-10H2,1H3,(H,16,17);1H. The topological polar surface area (TPSA) is 50.4 Å². The molecule has 2 N–H and O–H groups in total. The maximum absolute atomic E-state index is 12.2. The van der Waals surface area contributed by atoms with Crippen LogP contribution in [-0.4, -0.2) is 32.1 Å². The molecule has 2 unspecified atom stereocenters. The summed E-state index contributed by atoms with van der Waals surface area (Å²) in [6.45, 7) is 1.88. The third-order valence-corrected chi connectivity index (χ3v) is 3.22. The van der Waals surface area contributed by atoms with Crippen LogP contribution in [0.1, 0.15) is 24.5 Å². The Morgan fingerprint density at radius 3 is 2.74 bits per heavy atom. The number of carbonyl (C=O) groups excluding carboxylic acids is 1. The fourth-order valence-corrected chi connectivity index (χ4v) is 2.27. The maximum atomic E-state index is 12.2. The Morgan fingerprint density at radius 1 is 1.42 bits per heavy atom. The highest BCUT2D eigenvalue weighted by atomic mass is 35.5. The van der Waals surface area contributed by atoms with Gasteiger partial charge in [0.25, 0.3) is 5.91 Å². The van der Waals surface area contributed by atoms with Gasteiger partial charge in [0.05, 0.1) is 0 Å². The van der Waals surface area contributed by atoms with Gasteiger partial charge in [-0.2, -0.15) is 0 Å². The summed E-state index contributed by atoms with van der Waals surface area (Å²) in [5, 5.41) is 6.32. The number of methoxy groups -OCH3 is 1. The van der Waals surface area contributed by atoms with Crippen LogP contribution in [0.25, 0.3) is 0 Å². The minimum atomic E-state index is -0.520. The minimum absolute atomic E-state index is 0. The Balaban J connectivity index is 0.00000180. The molecular formula is C14H21ClN2O2. The largest absolute Gasteiger partial charge is 0.367 e. The first-order chi connectivity index (χ1) is 8.81.